The van der Waals surface area contributed by atoms with Crippen molar-refractivity contribution in [1.82, 2.24) is 14.6 Å². The molecular formula is C8H9N3O2S. The van der Waals surface area contributed by atoms with E-state index in [0.29, 0.717) is 4.96 Å². The average molecular weight is 211 g/mol. The fourth-order valence-electron chi connectivity index (χ4n) is 1.05. The number of aromatic nitrogens is 3. The Morgan fingerprint density at radius 3 is 2.93 bits per heavy atom. The van der Waals surface area contributed by atoms with Gasteiger partial charge in [0.25, 0.3) is 5.56 Å². The molecule has 74 valence electrons. The summed E-state index contributed by atoms with van der Waals surface area (Å²) in [6.45, 7) is 3.98. The Labute approximate surface area is 83.7 Å². The molecule has 0 aliphatic rings. The van der Waals surface area contributed by atoms with Crippen LogP contribution in [0, 0.1) is 0 Å². The normalized spacial score (nSPS) is 11.4. The first-order valence-electron chi connectivity index (χ1n) is 4.17. The van der Waals surface area contributed by atoms with Crippen LogP contribution < -0.4 is 5.56 Å². The Kier molecular flexibility index (Phi) is 1.99. The lowest BCUT2D eigenvalue weighted by atomic mass is 10.2. The molecule has 0 radical (unpaired) electrons. The molecule has 0 unspecified atom stereocenters. The molecule has 0 bridgehead atoms. The highest BCUT2D eigenvalue weighted by molar-refractivity contribution is 7.16. The molecular weight excluding hydrogens is 202 g/mol. The molecule has 0 aliphatic heterocycles. The molecule has 0 saturated heterocycles. The van der Waals surface area contributed by atoms with Crippen molar-refractivity contribution < 1.29 is 5.11 Å². The zero-order valence-corrected chi connectivity index (χ0v) is 8.58. The Bertz CT molecular complexity index is 529. The van der Waals surface area contributed by atoms with Gasteiger partial charge in [0.05, 0.1) is 6.07 Å². The van der Waals surface area contributed by atoms with E-state index in [2.05, 4.69) is 10.1 Å². The molecule has 0 atom stereocenters. The highest BCUT2D eigenvalue weighted by atomic mass is 32.1. The van der Waals surface area contributed by atoms with Gasteiger partial charge in [-0.2, -0.15) is 14.6 Å². The third-order valence-electron chi connectivity index (χ3n) is 1.74. The van der Waals surface area contributed by atoms with Crippen LogP contribution in [0.4, 0.5) is 0 Å². The number of hydrogen-bond donors (Lipinski definition) is 1. The molecule has 2 heterocycles. The van der Waals surface area contributed by atoms with Gasteiger partial charge in [-0.3, -0.25) is 4.79 Å². The van der Waals surface area contributed by atoms with Gasteiger partial charge >= 0.3 is 0 Å². The van der Waals surface area contributed by atoms with E-state index in [0.717, 1.165) is 11.1 Å². The van der Waals surface area contributed by atoms with E-state index in [1.54, 1.807) is 0 Å². The lowest BCUT2D eigenvalue weighted by molar-refractivity contribution is 0.452. The first-order valence-corrected chi connectivity index (χ1v) is 4.99. The maximum Gasteiger partial charge on any atom is 0.278 e. The summed E-state index contributed by atoms with van der Waals surface area (Å²) in [4.78, 5) is 15.6. The third kappa shape index (κ3) is 1.37. The summed E-state index contributed by atoms with van der Waals surface area (Å²) in [6.07, 6.45) is 0. The van der Waals surface area contributed by atoms with Crippen molar-refractivity contribution in [2.75, 3.05) is 0 Å². The van der Waals surface area contributed by atoms with E-state index in [4.69, 9.17) is 5.11 Å². The summed E-state index contributed by atoms with van der Waals surface area (Å²) in [6, 6.07) is 1.05. The van der Waals surface area contributed by atoms with Crippen molar-refractivity contribution in [3.63, 3.8) is 0 Å². The molecule has 0 fully saturated rings. The van der Waals surface area contributed by atoms with Crippen LogP contribution >= 0.6 is 11.3 Å². The minimum atomic E-state index is -0.351. The maximum atomic E-state index is 11.3. The van der Waals surface area contributed by atoms with Gasteiger partial charge in [-0.1, -0.05) is 25.2 Å². The van der Waals surface area contributed by atoms with Gasteiger partial charge < -0.3 is 5.11 Å². The van der Waals surface area contributed by atoms with Crippen molar-refractivity contribution in [3.05, 3.63) is 21.4 Å². The second-order valence-corrected chi connectivity index (χ2v) is 4.23. The minimum absolute atomic E-state index is 0.253. The quantitative estimate of drug-likeness (QED) is 0.763. The number of hydrogen-bond acceptors (Lipinski definition) is 5. The summed E-state index contributed by atoms with van der Waals surface area (Å²) >= 11 is 1.31. The molecule has 2 rings (SSSR count). The third-order valence-corrected chi connectivity index (χ3v) is 2.95. The summed E-state index contributed by atoms with van der Waals surface area (Å²) in [5.41, 5.74) is -0.351. The Morgan fingerprint density at radius 2 is 2.29 bits per heavy atom. The van der Waals surface area contributed by atoms with E-state index in [-0.39, 0.29) is 17.4 Å². The average Bonchev–Trinajstić information content (AvgIpc) is 2.47. The Balaban J connectivity index is 2.77. The number of fused-ring (bicyclic) bond motifs is 1. The molecule has 14 heavy (non-hydrogen) atoms. The van der Waals surface area contributed by atoms with Crippen LogP contribution in [0.2, 0.25) is 0 Å². The van der Waals surface area contributed by atoms with Crippen LogP contribution in [0.1, 0.15) is 24.8 Å². The van der Waals surface area contributed by atoms with Gasteiger partial charge in [0.15, 0.2) is 0 Å². The second kappa shape index (κ2) is 3.06. The molecule has 6 heteroatoms. The fraction of sp³-hybridized carbons (Fsp3) is 0.375. The molecule has 1 N–H and O–H groups in total. The summed E-state index contributed by atoms with van der Waals surface area (Å²) < 4.78 is 1.21. The molecule has 5 nitrogen and oxygen atoms in total. The van der Waals surface area contributed by atoms with Gasteiger partial charge in [-0.05, 0) is 0 Å². The van der Waals surface area contributed by atoms with E-state index < -0.39 is 0 Å². The largest absolute Gasteiger partial charge is 0.493 e. The molecule has 0 spiro atoms. The van der Waals surface area contributed by atoms with Crippen molar-refractivity contribution in [1.29, 1.82) is 0 Å². The highest BCUT2D eigenvalue weighted by Gasteiger charge is 2.10. The molecule has 0 aromatic carbocycles. The predicted octanol–water partition coefficient (Wildman–Crippen LogP) is 0.980. The highest BCUT2D eigenvalue weighted by Crippen LogP contribution is 2.20. The number of rotatable bonds is 1. The standard InChI is InChI=1S/C8H9N3O2S/c1-4(2)7-10-11-6(13)3-5(12)9-8(11)14-7/h3-4,12H,1-2H3. The van der Waals surface area contributed by atoms with E-state index >= 15 is 0 Å². The SMILES string of the molecule is CC(C)c1nn2c(=O)cc(O)nc2s1. The molecule has 0 saturated carbocycles. The minimum Gasteiger partial charge on any atom is -0.493 e. The van der Waals surface area contributed by atoms with Crippen LogP contribution in [0.15, 0.2) is 10.9 Å². The zero-order valence-electron chi connectivity index (χ0n) is 7.76. The van der Waals surface area contributed by atoms with Crippen LogP contribution in [0.5, 0.6) is 5.88 Å². The van der Waals surface area contributed by atoms with Crippen molar-refractivity contribution in [2.45, 2.75) is 19.8 Å². The Hall–Kier alpha value is -1.43. The van der Waals surface area contributed by atoms with Gasteiger partial charge in [0.2, 0.25) is 10.8 Å². The van der Waals surface area contributed by atoms with Crippen molar-refractivity contribution in [2.24, 2.45) is 0 Å². The van der Waals surface area contributed by atoms with Crippen LogP contribution in [0.25, 0.3) is 4.96 Å². The molecule has 2 aromatic rings. The van der Waals surface area contributed by atoms with E-state index in [9.17, 15) is 4.79 Å². The van der Waals surface area contributed by atoms with Crippen molar-refractivity contribution >= 4 is 16.3 Å². The topological polar surface area (TPSA) is 67.5 Å². The fourth-order valence-corrected chi connectivity index (χ4v) is 1.95. The molecule has 0 amide bonds. The van der Waals surface area contributed by atoms with Gasteiger partial charge in [0.1, 0.15) is 5.01 Å². The second-order valence-electron chi connectivity index (χ2n) is 3.24. The summed E-state index contributed by atoms with van der Waals surface area (Å²) in [7, 11) is 0. The smallest absolute Gasteiger partial charge is 0.278 e. The predicted molar refractivity (Wildman–Crippen MR) is 52.9 cm³/mol. The Morgan fingerprint density at radius 1 is 1.57 bits per heavy atom. The number of aromatic hydroxyl groups is 1. The van der Waals surface area contributed by atoms with E-state index in [1.807, 2.05) is 13.8 Å². The zero-order chi connectivity index (χ0) is 10.3. The monoisotopic (exact) mass is 211 g/mol. The van der Waals surface area contributed by atoms with Crippen LogP contribution in [0.3, 0.4) is 0 Å². The van der Waals surface area contributed by atoms with Crippen LogP contribution in [-0.4, -0.2) is 19.7 Å². The first kappa shape index (κ1) is 9.14. The lowest BCUT2D eigenvalue weighted by Gasteiger charge is -1.93. The van der Waals surface area contributed by atoms with Gasteiger partial charge in [-0.15, -0.1) is 0 Å². The molecule has 2 aromatic heterocycles. The number of nitrogens with zero attached hydrogens (tertiary/aromatic N) is 3. The maximum absolute atomic E-state index is 11.3. The van der Waals surface area contributed by atoms with Gasteiger partial charge in [0, 0.05) is 5.92 Å². The lowest BCUT2D eigenvalue weighted by Crippen LogP contribution is -2.13. The van der Waals surface area contributed by atoms with Crippen LogP contribution in [-0.2, 0) is 0 Å². The van der Waals surface area contributed by atoms with E-state index in [1.165, 1.54) is 15.9 Å². The first-order chi connectivity index (χ1) is 6.58. The van der Waals surface area contributed by atoms with Gasteiger partial charge in [-0.25, -0.2) is 0 Å². The summed E-state index contributed by atoms with van der Waals surface area (Å²) in [5.74, 6) is -0.00259. The molecule has 0 aliphatic carbocycles. The summed E-state index contributed by atoms with van der Waals surface area (Å²) in [5, 5.41) is 14.0. The van der Waals surface area contributed by atoms with Crippen molar-refractivity contribution in [3.8, 4) is 5.88 Å².